The minimum atomic E-state index is -0.504. The highest BCUT2D eigenvalue weighted by Gasteiger charge is 2.34. The number of hydrogen-bond donors (Lipinski definition) is 1. The second kappa shape index (κ2) is 7.68. The number of rotatable bonds is 3. The first kappa shape index (κ1) is 19.7. The number of amides is 2. The van der Waals surface area contributed by atoms with Gasteiger partial charge in [-0.15, -0.1) is 0 Å². The molecule has 2 aromatic heterocycles. The molecule has 0 radical (unpaired) electrons. The highest BCUT2D eigenvalue weighted by Crippen LogP contribution is 2.25. The fourth-order valence-corrected chi connectivity index (χ4v) is 3.79. The molecule has 150 valence electrons. The number of benzene rings is 1. The fourth-order valence-electron chi connectivity index (χ4n) is 3.51. The van der Waals surface area contributed by atoms with Crippen molar-refractivity contribution >= 4 is 40.9 Å². The highest BCUT2D eigenvalue weighted by molar-refractivity contribution is 7.80. The average molecular weight is 417 g/mol. The molecule has 0 spiro atoms. The topological polar surface area (TPSA) is 67.2 Å². The molecule has 2 amide bonds. The van der Waals surface area contributed by atoms with E-state index in [-0.39, 0.29) is 10.7 Å². The zero-order valence-electron chi connectivity index (χ0n) is 16.8. The number of thiocarbonyl (C=S) groups is 1. The molecule has 4 rings (SSSR count). The summed E-state index contributed by atoms with van der Waals surface area (Å²) in [6.45, 7) is 5.85. The number of carbonyl (C=O) groups is 2. The van der Waals surface area contributed by atoms with Gasteiger partial charge < -0.3 is 4.57 Å². The molecule has 7 heteroatoms. The minimum absolute atomic E-state index is 0.0328. The van der Waals surface area contributed by atoms with Crippen molar-refractivity contribution < 1.29 is 9.59 Å². The van der Waals surface area contributed by atoms with E-state index in [0.717, 1.165) is 28.3 Å². The number of aromatic nitrogens is 2. The van der Waals surface area contributed by atoms with Crippen molar-refractivity contribution in [3.63, 3.8) is 0 Å². The van der Waals surface area contributed by atoms with Crippen LogP contribution in [0.15, 0.2) is 60.3 Å². The Morgan fingerprint density at radius 3 is 2.43 bits per heavy atom. The van der Waals surface area contributed by atoms with Crippen molar-refractivity contribution in [1.82, 2.24) is 14.9 Å². The molecule has 0 saturated carbocycles. The van der Waals surface area contributed by atoms with Crippen LogP contribution in [0, 0.1) is 20.8 Å². The van der Waals surface area contributed by atoms with Gasteiger partial charge in [-0.1, -0.05) is 23.8 Å². The third-order valence-electron chi connectivity index (χ3n) is 5.04. The van der Waals surface area contributed by atoms with Gasteiger partial charge in [-0.25, -0.2) is 4.98 Å². The van der Waals surface area contributed by atoms with Crippen LogP contribution in [0.4, 0.5) is 5.69 Å². The first-order valence-electron chi connectivity index (χ1n) is 9.45. The number of nitrogens with one attached hydrogen (secondary N) is 1. The van der Waals surface area contributed by atoms with E-state index in [2.05, 4.69) is 10.3 Å². The first-order valence-corrected chi connectivity index (χ1v) is 9.86. The van der Waals surface area contributed by atoms with Crippen LogP contribution in [0.3, 0.4) is 0 Å². The highest BCUT2D eigenvalue weighted by atomic mass is 32.1. The van der Waals surface area contributed by atoms with E-state index < -0.39 is 11.8 Å². The zero-order valence-corrected chi connectivity index (χ0v) is 17.7. The number of carbonyl (C=O) groups excluding carboxylic acids is 2. The van der Waals surface area contributed by atoms with Crippen molar-refractivity contribution in [2.45, 2.75) is 20.8 Å². The normalized spacial score (nSPS) is 15.6. The standard InChI is InChI=1S/C23H20N4O2S/c1-14-7-9-18(10-8-14)27-22(29)19(21(28)25-23(27)30)13-17-12-15(2)26(16(17)3)20-6-4-5-11-24-20/h4-13H,1-3H3,(H,25,28,30)/b19-13+. The molecule has 30 heavy (non-hydrogen) atoms. The molecule has 1 aliphatic heterocycles. The number of pyridine rings is 1. The summed E-state index contributed by atoms with van der Waals surface area (Å²) >= 11 is 5.26. The van der Waals surface area contributed by atoms with Gasteiger partial charge in [-0.2, -0.15) is 0 Å². The molecule has 0 unspecified atom stereocenters. The molecule has 1 fully saturated rings. The van der Waals surface area contributed by atoms with Crippen LogP contribution in [0.5, 0.6) is 0 Å². The van der Waals surface area contributed by atoms with Gasteiger partial charge in [0.05, 0.1) is 5.69 Å². The molecule has 0 bridgehead atoms. The van der Waals surface area contributed by atoms with Crippen molar-refractivity contribution in [1.29, 1.82) is 0 Å². The van der Waals surface area contributed by atoms with E-state index in [1.165, 1.54) is 4.90 Å². The molecule has 1 saturated heterocycles. The maximum Gasteiger partial charge on any atom is 0.270 e. The van der Waals surface area contributed by atoms with Crippen LogP contribution in [0.1, 0.15) is 22.5 Å². The van der Waals surface area contributed by atoms with Crippen molar-refractivity contribution in [3.8, 4) is 5.82 Å². The van der Waals surface area contributed by atoms with Crippen LogP contribution in [-0.2, 0) is 9.59 Å². The lowest BCUT2D eigenvalue weighted by molar-refractivity contribution is -0.122. The van der Waals surface area contributed by atoms with Crippen LogP contribution in [0.2, 0.25) is 0 Å². The molecule has 1 aliphatic rings. The molecule has 3 aromatic rings. The van der Waals surface area contributed by atoms with Gasteiger partial charge in [0.25, 0.3) is 11.8 Å². The zero-order chi connectivity index (χ0) is 21.4. The molecular weight excluding hydrogens is 396 g/mol. The average Bonchev–Trinajstić information content (AvgIpc) is 3.00. The fraction of sp³-hybridized carbons (Fsp3) is 0.130. The Balaban J connectivity index is 1.76. The number of hydrogen-bond acceptors (Lipinski definition) is 4. The van der Waals surface area contributed by atoms with Crippen LogP contribution in [-0.4, -0.2) is 26.5 Å². The molecule has 0 atom stereocenters. The summed E-state index contributed by atoms with van der Waals surface area (Å²) in [5.41, 5.74) is 4.32. The van der Waals surface area contributed by atoms with Crippen LogP contribution in [0.25, 0.3) is 11.9 Å². The monoisotopic (exact) mass is 416 g/mol. The molecule has 1 N–H and O–H groups in total. The minimum Gasteiger partial charge on any atom is -0.303 e. The summed E-state index contributed by atoms with van der Waals surface area (Å²) in [6.07, 6.45) is 3.34. The Bertz CT molecular complexity index is 1190. The summed E-state index contributed by atoms with van der Waals surface area (Å²) in [5.74, 6) is -0.176. The predicted molar refractivity (Wildman–Crippen MR) is 120 cm³/mol. The van der Waals surface area contributed by atoms with Crippen LogP contribution >= 0.6 is 12.2 Å². The lowest BCUT2D eigenvalue weighted by atomic mass is 10.1. The Kier molecular flexibility index (Phi) is 5.05. The quantitative estimate of drug-likeness (QED) is 0.402. The largest absolute Gasteiger partial charge is 0.303 e. The summed E-state index contributed by atoms with van der Waals surface area (Å²) in [4.78, 5) is 31.5. The summed E-state index contributed by atoms with van der Waals surface area (Å²) in [6, 6.07) is 15.0. The molecule has 0 aliphatic carbocycles. The van der Waals surface area contributed by atoms with Crippen molar-refractivity contribution in [2.75, 3.05) is 4.90 Å². The summed E-state index contributed by atoms with van der Waals surface area (Å²) in [7, 11) is 0. The number of aryl methyl sites for hydroxylation is 2. The molecular formula is C23H20N4O2S. The van der Waals surface area contributed by atoms with Gasteiger partial charge in [0.2, 0.25) is 0 Å². The lowest BCUT2D eigenvalue weighted by Crippen LogP contribution is -2.54. The van der Waals surface area contributed by atoms with Gasteiger partial charge in [-0.05, 0) is 75.0 Å². The van der Waals surface area contributed by atoms with Gasteiger partial charge in [0.15, 0.2) is 5.11 Å². The van der Waals surface area contributed by atoms with Crippen molar-refractivity contribution in [2.24, 2.45) is 0 Å². The van der Waals surface area contributed by atoms with Gasteiger partial charge in [-0.3, -0.25) is 19.8 Å². The Morgan fingerprint density at radius 1 is 1.03 bits per heavy atom. The number of nitrogens with zero attached hydrogens (tertiary/aromatic N) is 3. The second-order valence-corrected chi connectivity index (χ2v) is 7.53. The summed E-state index contributed by atoms with van der Waals surface area (Å²) in [5, 5.41) is 2.70. The molecule has 3 heterocycles. The smallest absolute Gasteiger partial charge is 0.270 e. The Labute approximate surface area is 179 Å². The second-order valence-electron chi connectivity index (χ2n) is 7.14. The maximum absolute atomic E-state index is 13.2. The van der Waals surface area contributed by atoms with E-state index in [1.54, 1.807) is 12.3 Å². The number of anilines is 1. The van der Waals surface area contributed by atoms with E-state index in [0.29, 0.717) is 5.69 Å². The molecule has 1 aromatic carbocycles. The van der Waals surface area contributed by atoms with E-state index >= 15 is 0 Å². The van der Waals surface area contributed by atoms with Gasteiger partial charge in [0, 0.05) is 17.6 Å². The third-order valence-corrected chi connectivity index (χ3v) is 5.33. The van der Waals surface area contributed by atoms with E-state index in [4.69, 9.17) is 12.2 Å². The van der Waals surface area contributed by atoms with E-state index in [1.807, 2.05) is 73.9 Å². The lowest BCUT2D eigenvalue weighted by Gasteiger charge is -2.29. The Morgan fingerprint density at radius 2 is 1.77 bits per heavy atom. The maximum atomic E-state index is 13.2. The Hall–Kier alpha value is -3.58. The van der Waals surface area contributed by atoms with Gasteiger partial charge in [0.1, 0.15) is 11.4 Å². The third kappa shape index (κ3) is 3.44. The van der Waals surface area contributed by atoms with Crippen molar-refractivity contribution in [3.05, 3.63) is 82.8 Å². The predicted octanol–water partition coefficient (Wildman–Crippen LogP) is 3.63. The molecule has 6 nitrogen and oxygen atoms in total. The van der Waals surface area contributed by atoms with Gasteiger partial charge >= 0.3 is 0 Å². The van der Waals surface area contributed by atoms with Crippen LogP contribution < -0.4 is 10.2 Å². The van der Waals surface area contributed by atoms with E-state index in [9.17, 15) is 9.59 Å². The SMILES string of the molecule is Cc1ccc(N2C(=O)/C(=C/c3cc(C)n(-c4ccccn4)c3C)C(=O)NC2=S)cc1. The summed E-state index contributed by atoms with van der Waals surface area (Å²) < 4.78 is 1.99. The first-order chi connectivity index (χ1) is 14.4.